The molecule has 3 N–H and O–H groups in total. The monoisotopic (exact) mass is 212 g/mol. The van der Waals surface area contributed by atoms with Crippen molar-refractivity contribution in [1.82, 2.24) is 5.32 Å². The van der Waals surface area contributed by atoms with Gasteiger partial charge in [-0.05, 0) is 33.1 Å². The molecule has 3 nitrogen and oxygen atoms in total. The molecule has 0 unspecified atom stereocenters. The van der Waals surface area contributed by atoms with E-state index in [1.54, 1.807) is 0 Å². The van der Waals surface area contributed by atoms with Crippen LogP contribution in [0.5, 0.6) is 0 Å². The van der Waals surface area contributed by atoms with E-state index in [1.165, 1.54) is 6.42 Å². The lowest BCUT2D eigenvalue weighted by molar-refractivity contribution is -0.136. The van der Waals surface area contributed by atoms with Gasteiger partial charge < -0.3 is 11.1 Å². The lowest BCUT2D eigenvalue weighted by Gasteiger charge is -2.40. The summed E-state index contributed by atoms with van der Waals surface area (Å²) in [6, 6.07) is 0. The molecule has 0 bridgehead atoms. The van der Waals surface area contributed by atoms with Crippen LogP contribution in [-0.4, -0.2) is 18.0 Å². The summed E-state index contributed by atoms with van der Waals surface area (Å²) in [5.74, 6) is 0.217. The average Bonchev–Trinajstić information content (AvgIpc) is 2.06. The van der Waals surface area contributed by atoms with E-state index in [2.05, 4.69) is 12.2 Å². The van der Waals surface area contributed by atoms with Crippen molar-refractivity contribution in [3.8, 4) is 0 Å². The molecular weight excluding hydrogens is 188 g/mol. The number of hydrogen-bond donors (Lipinski definition) is 2. The quantitative estimate of drug-likeness (QED) is 0.730. The Morgan fingerprint density at radius 1 is 1.47 bits per heavy atom. The maximum Gasteiger partial charge on any atom is 0.226 e. The smallest absolute Gasteiger partial charge is 0.226 e. The van der Waals surface area contributed by atoms with Crippen molar-refractivity contribution in [3.05, 3.63) is 0 Å². The fourth-order valence-electron chi connectivity index (χ4n) is 2.17. The summed E-state index contributed by atoms with van der Waals surface area (Å²) in [4.78, 5) is 12.0. The zero-order valence-electron chi connectivity index (χ0n) is 10.2. The normalized spacial score (nSPS) is 19.5. The molecule has 3 heteroatoms. The first-order chi connectivity index (χ1) is 6.90. The van der Waals surface area contributed by atoms with E-state index in [0.717, 1.165) is 25.7 Å². The molecule has 1 saturated carbocycles. The third-order valence-electron chi connectivity index (χ3n) is 3.23. The highest BCUT2D eigenvalue weighted by Gasteiger charge is 2.42. The third kappa shape index (κ3) is 3.20. The molecule has 1 fully saturated rings. The Labute approximate surface area is 92.8 Å². The Bertz CT molecular complexity index is 226. The van der Waals surface area contributed by atoms with Gasteiger partial charge in [-0.15, -0.1) is 0 Å². The van der Waals surface area contributed by atoms with Gasteiger partial charge in [0, 0.05) is 17.5 Å². The van der Waals surface area contributed by atoms with E-state index in [-0.39, 0.29) is 16.9 Å². The van der Waals surface area contributed by atoms with Gasteiger partial charge in [-0.2, -0.15) is 0 Å². The minimum Gasteiger partial charge on any atom is -0.354 e. The number of nitrogens with two attached hydrogens (primary N) is 1. The van der Waals surface area contributed by atoms with Crippen LogP contribution in [0.25, 0.3) is 0 Å². The van der Waals surface area contributed by atoms with Gasteiger partial charge >= 0.3 is 0 Å². The molecular formula is C12H24N2O. The summed E-state index contributed by atoms with van der Waals surface area (Å²) in [6.07, 6.45) is 5.40. The van der Waals surface area contributed by atoms with Crippen molar-refractivity contribution in [2.45, 2.75) is 58.4 Å². The molecule has 88 valence electrons. The summed E-state index contributed by atoms with van der Waals surface area (Å²) >= 11 is 0. The zero-order valence-corrected chi connectivity index (χ0v) is 10.2. The second-order valence-corrected chi connectivity index (χ2v) is 5.56. The molecule has 0 spiro atoms. The fraction of sp³-hybridized carbons (Fsp3) is 0.917. The standard InChI is InChI=1S/C12H24N2O/c1-4-6-12(7-5-8-12)10(15)14-9-11(2,3)13/h4-9,13H2,1-3H3,(H,14,15). The minimum absolute atomic E-state index is 0.0556. The lowest BCUT2D eigenvalue weighted by atomic mass is 9.65. The second-order valence-electron chi connectivity index (χ2n) is 5.56. The number of amides is 1. The van der Waals surface area contributed by atoms with Crippen LogP contribution in [0.3, 0.4) is 0 Å². The third-order valence-corrected chi connectivity index (χ3v) is 3.23. The molecule has 0 aromatic carbocycles. The van der Waals surface area contributed by atoms with Gasteiger partial charge in [-0.25, -0.2) is 0 Å². The predicted octanol–water partition coefficient (Wildman–Crippen LogP) is 1.81. The molecule has 0 atom stereocenters. The summed E-state index contributed by atoms with van der Waals surface area (Å²) < 4.78 is 0. The Morgan fingerprint density at radius 2 is 2.07 bits per heavy atom. The van der Waals surface area contributed by atoms with Gasteiger partial charge in [0.05, 0.1) is 0 Å². The first-order valence-electron chi connectivity index (χ1n) is 5.97. The Morgan fingerprint density at radius 3 is 2.40 bits per heavy atom. The van der Waals surface area contributed by atoms with Crippen LogP contribution in [0.4, 0.5) is 0 Å². The van der Waals surface area contributed by atoms with Crippen LogP contribution in [0, 0.1) is 5.41 Å². The first-order valence-corrected chi connectivity index (χ1v) is 5.97. The zero-order chi connectivity index (χ0) is 11.5. The van der Waals surface area contributed by atoms with Gasteiger partial charge in [0.1, 0.15) is 0 Å². The second kappa shape index (κ2) is 4.52. The summed E-state index contributed by atoms with van der Waals surface area (Å²) in [5, 5.41) is 2.99. The maximum atomic E-state index is 12.0. The SMILES string of the molecule is CCCC1(C(=O)NCC(C)(C)N)CCC1. The average molecular weight is 212 g/mol. The molecule has 15 heavy (non-hydrogen) atoms. The summed E-state index contributed by atoms with van der Waals surface area (Å²) in [7, 11) is 0. The Kier molecular flexibility index (Phi) is 3.77. The van der Waals surface area contributed by atoms with E-state index in [0.29, 0.717) is 6.54 Å². The predicted molar refractivity (Wildman–Crippen MR) is 62.5 cm³/mol. The minimum atomic E-state index is -0.313. The number of carbonyl (C=O) groups excluding carboxylic acids is 1. The van der Waals surface area contributed by atoms with E-state index in [9.17, 15) is 4.79 Å². The largest absolute Gasteiger partial charge is 0.354 e. The van der Waals surface area contributed by atoms with Crippen LogP contribution in [-0.2, 0) is 4.79 Å². The Balaban J connectivity index is 2.44. The molecule has 0 aliphatic heterocycles. The van der Waals surface area contributed by atoms with Crippen molar-refractivity contribution >= 4 is 5.91 Å². The van der Waals surface area contributed by atoms with Crippen LogP contribution in [0.1, 0.15) is 52.9 Å². The highest BCUT2D eigenvalue weighted by Crippen LogP contribution is 2.44. The van der Waals surface area contributed by atoms with Crippen LogP contribution in [0.2, 0.25) is 0 Å². The number of hydrogen-bond acceptors (Lipinski definition) is 2. The van der Waals surface area contributed by atoms with Crippen LogP contribution >= 0.6 is 0 Å². The van der Waals surface area contributed by atoms with Crippen molar-refractivity contribution in [3.63, 3.8) is 0 Å². The molecule has 0 saturated heterocycles. The van der Waals surface area contributed by atoms with Crippen LogP contribution < -0.4 is 11.1 Å². The van der Waals surface area contributed by atoms with Gasteiger partial charge in [-0.3, -0.25) is 4.79 Å². The highest BCUT2D eigenvalue weighted by atomic mass is 16.2. The van der Waals surface area contributed by atoms with E-state index in [4.69, 9.17) is 5.73 Å². The molecule has 1 aliphatic rings. The van der Waals surface area contributed by atoms with Crippen molar-refractivity contribution in [2.24, 2.45) is 11.1 Å². The topological polar surface area (TPSA) is 55.1 Å². The summed E-state index contributed by atoms with van der Waals surface area (Å²) in [5.41, 5.74) is 5.48. The van der Waals surface area contributed by atoms with Crippen molar-refractivity contribution < 1.29 is 4.79 Å². The van der Waals surface area contributed by atoms with E-state index >= 15 is 0 Å². The molecule has 0 aromatic heterocycles. The van der Waals surface area contributed by atoms with Crippen LogP contribution in [0.15, 0.2) is 0 Å². The van der Waals surface area contributed by atoms with Crippen molar-refractivity contribution in [1.29, 1.82) is 0 Å². The van der Waals surface area contributed by atoms with Gasteiger partial charge in [0.2, 0.25) is 5.91 Å². The molecule has 0 aromatic rings. The molecule has 1 amide bonds. The maximum absolute atomic E-state index is 12.0. The molecule has 0 radical (unpaired) electrons. The first kappa shape index (κ1) is 12.5. The lowest BCUT2D eigenvalue weighted by Crippen LogP contribution is -2.51. The number of rotatable bonds is 5. The van der Waals surface area contributed by atoms with Gasteiger partial charge in [-0.1, -0.05) is 19.8 Å². The van der Waals surface area contributed by atoms with Crippen molar-refractivity contribution in [2.75, 3.05) is 6.54 Å². The molecule has 1 aliphatic carbocycles. The fourth-order valence-corrected chi connectivity index (χ4v) is 2.17. The van der Waals surface area contributed by atoms with E-state index in [1.807, 2.05) is 13.8 Å². The molecule has 1 rings (SSSR count). The number of nitrogens with one attached hydrogen (secondary N) is 1. The highest BCUT2D eigenvalue weighted by molar-refractivity contribution is 5.83. The Hall–Kier alpha value is -0.570. The van der Waals surface area contributed by atoms with Gasteiger partial charge in [0.15, 0.2) is 0 Å². The summed E-state index contributed by atoms with van der Waals surface area (Å²) in [6.45, 7) is 6.57. The van der Waals surface area contributed by atoms with Gasteiger partial charge in [0.25, 0.3) is 0 Å². The molecule has 0 heterocycles. The number of carbonyl (C=O) groups is 1. The van der Waals surface area contributed by atoms with E-state index < -0.39 is 0 Å².